The SMILES string of the molecule is CC(C)C1CCN(S(=O)(=O)c2ccccc2CO)CC1. The molecule has 1 saturated heterocycles. The van der Waals surface area contributed by atoms with Crippen molar-refractivity contribution in [2.24, 2.45) is 11.8 Å². The lowest BCUT2D eigenvalue weighted by Crippen LogP contribution is -2.39. The molecule has 0 atom stereocenters. The number of piperidine rings is 1. The van der Waals surface area contributed by atoms with Crippen LogP contribution in [0.1, 0.15) is 32.3 Å². The van der Waals surface area contributed by atoms with E-state index in [9.17, 15) is 13.5 Å². The number of aliphatic hydroxyl groups is 1. The molecule has 1 fully saturated rings. The molecule has 2 rings (SSSR count). The van der Waals surface area contributed by atoms with E-state index in [4.69, 9.17) is 0 Å². The molecule has 0 bridgehead atoms. The molecule has 0 radical (unpaired) electrons. The van der Waals surface area contributed by atoms with E-state index in [-0.39, 0.29) is 11.5 Å². The smallest absolute Gasteiger partial charge is 0.243 e. The molecular formula is C15H23NO3S. The minimum absolute atomic E-state index is 0.241. The van der Waals surface area contributed by atoms with Gasteiger partial charge < -0.3 is 5.11 Å². The molecule has 4 nitrogen and oxygen atoms in total. The highest BCUT2D eigenvalue weighted by Gasteiger charge is 2.31. The number of aliphatic hydroxyl groups excluding tert-OH is 1. The van der Waals surface area contributed by atoms with Gasteiger partial charge in [-0.2, -0.15) is 4.31 Å². The van der Waals surface area contributed by atoms with E-state index in [1.807, 2.05) is 0 Å². The first-order valence-electron chi connectivity index (χ1n) is 7.15. The van der Waals surface area contributed by atoms with Gasteiger partial charge in [0.25, 0.3) is 0 Å². The van der Waals surface area contributed by atoms with Crippen molar-refractivity contribution < 1.29 is 13.5 Å². The molecule has 112 valence electrons. The van der Waals surface area contributed by atoms with Crippen LogP contribution in [0.2, 0.25) is 0 Å². The fraction of sp³-hybridized carbons (Fsp3) is 0.600. The fourth-order valence-corrected chi connectivity index (χ4v) is 4.49. The van der Waals surface area contributed by atoms with Crippen LogP contribution in [0.3, 0.4) is 0 Å². The van der Waals surface area contributed by atoms with Crippen molar-refractivity contribution in [2.45, 2.75) is 38.2 Å². The number of sulfonamides is 1. The average molecular weight is 297 g/mol. The highest BCUT2D eigenvalue weighted by molar-refractivity contribution is 7.89. The molecule has 1 aliphatic heterocycles. The van der Waals surface area contributed by atoms with E-state index in [1.54, 1.807) is 28.6 Å². The molecule has 1 heterocycles. The summed E-state index contributed by atoms with van der Waals surface area (Å²) in [6, 6.07) is 6.69. The Morgan fingerprint density at radius 2 is 1.85 bits per heavy atom. The molecule has 0 saturated carbocycles. The molecule has 1 aromatic carbocycles. The monoisotopic (exact) mass is 297 g/mol. The second kappa shape index (κ2) is 6.24. The van der Waals surface area contributed by atoms with Gasteiger partial charge in [0, 0.05) is 13.1 Å². The number of hydrogen-bond acceptors (Lipinski definition) is 3. The van der Waals surface area contributed by atoms with Crippen molar-refractivity contribution in [1.29, 1.82) is 0 Å². The van der Waals surface area contributed by atoms with Gasteiger partial charge in [-0.1, -0.05) is 32.0 Å². The minimum Gasteiger partial charge on any atom is -0.392 e. The van der Waals surface area contributed by atoms with Crippen molar-refractivity contribution in [2.75, 3.05) is 13.1 Å². The van der Waals surface area contributed by atoms with Gasteiger partial charge in [0.1, 0.15) is 0 Å². The van der Waals surface area contributed by atoms with E-state index in [0.29, 0.717) is 30.5 Å². The largest absolute Gasteiger partial charge is 0.392 e. The standard InChI is InChI=1S/C15H23NO3S/c1-12(2)13-7-9-16(10-8-13)20(18,19)15-6-4-3-5-14(15)11-17/h3-6,12-13,17H,7-11H2,1-2H3. The summed E-state index contributed by atoms with van der Waals surface area (Å²) in [5, 5.41) is 9.31. The molecule has 0 unspecified atom stereocenters. The Labute approximate surface area is 121 Å². The van der Waals surface area contributed by atoms with Crippen molar-refractivity contribution in [3.05, 3.63) is 29.8 Å². The van der Waals surface area contributed by atoms with E-state index in [0.717, 1.165) is 12.8 Å². The molecule has 5 heteroatoms. The van der Waals surface area contributed by atoms with Gasteiger partial charge >= 0.3 is 0 Å². The summed E-state index contributed by atoms with van der Waals surface area (Å²) in [4.78, 5) is 0.241. The maximum absolute atomic E-state index is 12.7. The number of rotatable bonds is 4. The zero-order valence-corrected chi connectivity index (χ0v) is 12.9. The normalized spacial score (nSPS) is 18.6. The second-order valence-corrected chi connectivity index (χ2v) is 7.66. The summed E-state index contributed by atoms with van der Waals surface area (Å²) in [6.07, 6.45) is 1.83. The molecule has 1 aliphatic rings. The van der Waals surface area contributed by atoms with Crippen molar-refractivity contribution in [3.8, 4) is 0 Å². The van der Waals surface area contributed by atoms with E-state index >= 15 is 0 Å². The quantitative estimate of drug-likeness (QED) is 0.927. The van der Waals surface area contributed by atoms with Gasteiger partial charge in [0.05, 0.1) is 11.5 Å². The van der Waals surface area contributed by atoms with Crippen LogP contribution < -0.4 is 0 Å². The predicted molar refractivity (Wildman–Crippen MR) is 78.7 cm³/mol. The highest BCUT2D eigenvalue weighted by atomic mass is 32.2. The first-order valence-corrected chi connectivity index (χ1v) is 8.59. The molecule has 0 aromatic heterocycles. The maximum Gasteiger partial charge on any atom is 0.243 e. The molecular weight excluding hydrogens is 274 g/mol. The van der Waals surface area contributed by atoms with Crippen LogP contribution in [0.4, 0.5) is 0 Å². The van der Waals surface area contributed by atoms with Crippen LogP contribution in [-0.2, 0) is 16.6 Å². The summed E-state index contributed by atoms with van der Waals surface area (Å²) < 4.78 is 26.9. The van der Waals surface area contributed by atoms with Gasteiger partial charge in [-0.15, -0.1) is 0 Å². The Bertz CT molecular complexity index is 546. The van der Waals surface area contributed by atoms with Crippen LogP contribution in [-0.4, -0.2) is 30.9 Å². The maximum atomic E-state index is 12.7. The topological polar surface area (TPSA) is 57.6 Å². The zero-order valence-electron chi connectivity index (χ0n) is 12.1. The van der Waals surface area contributed by atoms with Crippen molar-refractivity contribution in [1.82, 2.24) is 4.31 Å². The van der Waals surface area contributed by atoms with Crippen LogP contribution in [0.5, 0.6) is 0 Å². The van der Waals surface area contributed by atoms with Gasteiger partial charge in [0.15, 0.2) is 0 Å². The van der Waals surface area contributed by atoms with E-state index in [1.165, 1.54) is 0 Å². The summed E-state index contributed by atoms with van der Waals surface area (Å²) >= 11 is 0. The lowest BCUT2D eigenvalue weighted by atomic mass is 9.87. The van der Waals surface area contributed by atoms with E-state index in [2.05, 4.69) is 13.8 Å². The summed E-state index contributed by atoms with van der Waals surface area (Å²) in [7, 11) is -3.48. The van der Waals surface area contributed by atoms with E-state index < -0.39 is 10.0 Å². The lowest BCUT2D eigenvalue weighted by Gasteiger charge is -2.33. The predicted octanol–water partition coefficient (Wildman–Crippen LogP) is 2.24. The second-order valence-electron chi connectivity index (χ2n) is 5.75. The molecule has 1 aromatic rings. The Morgan fingerprint density at radius 1 is 1.25 bits per heavy atom. The zero-order chi connectivity index (χ0) is 14.8. The number of benzene rings is 1. The number of hydrogen-bond donors (Lipinski definition) is 1. The third kappa shape index (κ3) is 3.05. The molecule has 0 aliphatic carbocycles. The van der Waals surface area contributed by atoms with Gasteiger partial charge in [-0.3, -0.25) is 0 Å². The molecule has 0 spiro atoms. The average Bonchev–Trinajstić information content (AvgIpc) is 2.47. The van der Waals surface area contributed by atoms with Crippen LogP contribution in [0.15, 0.2) is 29.2 Å². The highest BCUT2D eigenvalue weighted by Crippen LogP contribution is 2.29. The fourth-order valence-electron chi connectivity index (χ4n) is 2.81. The first kappa shape index (κ1) is 15.5. The van der Waals surface area contributed by atoms with Crippen molar-refractivity contribution in [3.63, 3.8) is 0 Å². The molecule has 1 N–H and O–H groups in total. The summed E-state index contributed by atoms with van der Waals surface area (Å²) in [5.41, 5.74) is 0.471. The first-order chi connectivity index (χ1) is 9.46. The third-order valence-corrected chi connectivity index (χ3v) is 6.20. The molecule has 0 amide bonds. The summed E-state index contributed by atoms with van der Waals surface area (Å²) in [5.74, 6) is 1.21. The molecule has 20 heavy (non-hydrogen) atoms. The Balaban J connectivity index is 2.20. The Hall–Kier alpha value is -0.910. The third-order valence-electron chi connectivity index (χ3n) is 4.20. The Morgan fingerprint density at radius 3 is 2.40 bits per heavy atom. The minimum atomic E-state index is -3.48. The van der Waals surface area contributed by atoms with Crippen LogP contribution >= 0.6 is 0 Å². The van der Waals surface area contributed by atoms with Crippen LogP contribution in [0, 0.1) is 11.8 Å². The summed E-state index contributed by atoms with van der Waals surface area (Å²) in [6.45, 7) is 5.28. The van der Waals surface area contributed by atoms with Gasteiger partial charge in [0.2, 0.25) is 10.0 Å². The van der Waals surface area contributed by atoms with Crippen LogP contribution in [0.25, 0.3) is 0 Å². The number of nitrogens with zero attached hydrogens (tertiary/aromatic N) is 1. The Kier molecular flexibility index (Phi) is 4.83. The lowest BCUT2D eigenvalue weighted by molar-refractivity contribution is 0.226. The van der Waals surface area contributed by atoms with Crippen molar-refractivity contribution >= 4 is 10.0 Å². The van der Waals surface area contributed by atoms with Gasteiger partial charge in [-0.25, -0.2) is 8.42 Å². The van der Waals surface area contributed by atoms with Gasteiger partial charge in [-0.05, 0) is 36.3 Å².